The molecule has 1 N–H and O–H groups in total. The van der Waals surface area contributed by atoms with Crippen LogP contribution in [0.25, 0.3) is 0 Å². The lowest BCUT2D eigenvalue weighted by atomic mass is 9.86. The van der Waals surface area contributed by atoms with Crippen molar-refractivity contribution in [3.8, 4) is 0 Å². The number of thioether (sulfide) groups is 1. The summed E-state index contributed by atoms with van der Waals surface area (Å²) in [5.74, 6) is 0.808. The maximum atomic E-state index is 13.0. The summed E-state index contributed by atoms with van der Waals surface area (Å²) in [6, 6.07) is 26.6. The molecule has 0 aliphatic rings. The van der Waals surface area contributed by atoms with Gasteiger partial charge in [-0.1, -0.05) is 87.5 Å². The van der Waals surface area contributed by atoms with Gasteiger partial charge in [0.2, 0.25) is 0 Å². The van der Waals surface area contributed by atoms with Crippen LogP contribution in [0.2, 0.25) is 0 Å². The van der Waals surface area contributed by atoms with Gasteiger partial charge in [0.05, 0.1) is 11.6 Å². The van der Waals surface area contributed by atoms with E-state index in [1.807, 2.05) is 49.4 Å². The van der Waals surface area contributed by atoms with Gasteiger partial charge in [0.15, 0.2) is 0 Å². The molecule has 0 fully saturated rings. The summed E-state index contributed by atoms with van der Waals surface area (Å²) in [6.07, 6.45) is 0. The Hall–Kier alpha value is -2.52. The van der Waals surface area contributed by atoms with Crippen molar-refractivity contribution in [2.45, 2.75) is 49.8 Å². The van der Waals surface area contributed by atoms with Crippen LogP contribution < -0.4 is 5.32 Å². The van der Waals surface area contributed by atoms with E-state index in [0.717, 1.165) is 21.8 Å². The van der Waals surface area contributed by atoms with Gasteiger partial charge in [-0.2, -0.15) is 0 Å². The van der Waals surface area contributed by atoms with Gasteiger partial charge in [0.25, 0.3) is 5.91 Å². The largest absolute Gasteiger partial charge is 0.345 e. The molecule has 0 bridgehead atoms. The highest BCUT2D eigenvalue weighted by molar-refractivity contribution is 7.98. The van der Waals surface area contributed by atoms with Crippen molar-refractivity contribution in [2.24, 2.45) is 0 Å². The molecular weight excluding hydrogens is 374 g/mol. The number of carbonyl (C=O) groups excluding carboxylic acids is 1. The first-order valence-electron chi connectivity index (χ1n) is 10.0. The number of carbonyl (C=O) groups is 1. The van der Waals surface area contributed by atoms with Crippen LogP contribution in [-0.4, -0.2) is 5.91 Å². The normalized spacial score (nSPS) is 12.4. The number of hydrogen-bond acceptors (Lipinski definition) is 2. The zero-order valence-electron chi connectivity index (χ0n) is 17.6. The van der Waals surface area contributed by atoms with Crippen LogP contribution in [0.4, 0.5) is 0 Å². The first-order valence-corrected chi connectivity index (χ1v) is 11.0. The van der Waals surface area contributed by atoms with Crippen LogP contribution in [0, 0.1) is 0 Å². The molecule has 0 spiro atoms. The first kappa shape index (κ1) is 21.2. The molecule has 0 aromatic heterocycles. The number of rotatable bonds is 6. The Morgan fingerprint density at radius 3 is 2.17 bits per heavy atom. The fourth-order valence-corrected chi connectivity index (χ4v) is 4.15. The Kier molecular flexibility index (Phi) is 6.81. The quantitative estimate of drug-likeness (QED) is 0.460. The van der Waals surface area contributed by atoms with Crippen molar-refractivity contribution in [2.75, 3.05) is 0 Å². The van der Waals surface area contributed by atoms with Crippen molar-refractivity contribution in [3.05, 3.63) is 101 Å². The smallest absolute Gasteiger partial charge is 0.252 e. The van der Waals surface area contributed by atoms with Crippen molar-refractivity contribution in [1.29, 1.82) is 0 Å². The Balaban J connectivity index is 1.69. The van der Waals surface area contributed by atoms with Gasteiger partial charge in [0.1, 0.15) is 0 Å². The Morgan fingerprint density at radius 1 is 0.897 bits per heavy atom. The van der Waals surface area contributed by atoms with Gasteiger partial charge in [-0.25, -0.2) is 0 Å². The Morgan fingerprint density at radius 2 is 1.52 bits per heavy atom. The standard InChI is InChI=1S/C26H29NOS/c1-19(21-14-16-22(17-15-21)26(2,3)4)27-25(28)23-12-8-9-13-24(23)29-18-20-10-6-5-7-11-20/h5-17,19H,18H2,1-4H3,(H,27,28). The van der Waals surface area contributed by atoms with E-state index in [-0.39, 0.29) is 17.4 Å². The highest BCUT2D eigenvalue weighted by Gasteiger charge is 2.17. The van der Waals surface area contributed by atoms with Crippen molar-refractivity contribution in [1.82, 2.24) is 5.32 Å². The van der Waals surface area contributed by atoms with Gasteiger partial charge in [0, 0.05) is 10.6 Å². The molecule has 150 valence electrons. The zero-order chi connectivity index (χ0) is 20.9. The van der Waals surface area contributed by atoms with Crippen LogP contribution in [0.3, 0.4) is 0 Å². The third-order valence-corrected chi connectivity index (χ3v) is 6.14. The molecule has 0 radical (unpaired) electrons. The monoisotopic (exact) mass is 403 g/mol. The van der Waals surface area contributed by atoms with Crippen molar-refractivity contribution in [3.63, 3.8) is 0 Å². The minimum Gasteiger partial charge on any atom is -0.345 e. The van der Waals surface area contributed by atoms with Crippen LogP contribution in [0.15, 0.2) is 83.8 Å². The molecule has 3 aromatic rings. The van der Waals surface area contributed by atoms with Crippen LogP contribution >= 0.6 is 11.8 Å². The average Bonchev–Trinajstić information content (AvgIpc) is 2.72. The van der Waals surface area contributed by atoms with E-state index in [4.69, 9.17) is 0 Å². The maximum Gasteiger partial charge on any atom is 0.252 e. The van der Waals surface area contributed by atoms with Gasteiger partial charge < -0.3 is 5.32 Å². The van der Waals surface area contributed by atoms with E-state index in [9.17, 15) is 4.79 Å². The molecule has 3 rings (SSSR count). The summed E-state index contributed by atoms with van der Waals surface area (Å²) in [5.41, 5.74) is 4.51. The summed E-state index contributed by atoms with van der Waals surface area (Å²) in [4.78, 5) is 14.0. The van der Waals surface area contributed by atoms with Crippen LogP contribution in [0.5, 0.6) is 0 Å². The maximum absolute atomic E-state index is 13.0. The predicted molar refractivity (Wildman–Crippen MR) is 123 cm³/mol. The number of nitrogens with one attached hydrogen (secondary N) is 1. The molecule has 29 heavy (non-hydrogen) atoms. The highest BCUT2D eigenvalue weighted by Crippen LogP contribution is 2.27. The third kappa shape index (κ3) is 5.74. The van der Waals surface area contributed by atoms with Gasteiger partial charge >= 0.3 is 0 Å². The van der Waals surface area contributed by atoms with Gasteiger partial charge in [-0.15, -0.1) is 11.8 Å². The lowest BCUT2D eigenvalue weighted by Crippen LogP contribution is -2.27. The molecule has 3 aromatic carbocycles. The minimum atomic E-state index is -0.0521. The minimum absolute atomic E-state index is 0.0337. The topological polar surface area (TPSA) is 29.1 Å². The van der Waals surface area contributed by atoms with Gasteiger partial charge in [-0.05, 0) is 41.2 Å². The summed E-state index contributed by atoms with van der Waals surface area (Å²) < 4.78 is 0. The van der Waals surface area contributed by atoms with Crippen molar-refractivity contribution >= 4 is 17.7 Å². The van der Waals surface area contributed by atoms with E-state index in [0.29, 0.717) is 0 Å². The molecule has 1 amide bonds. The van der Waals surface area contributed by atoms with E-state index >= 15 is 0 Å². The number of hydrogen-bond donors (Lipinski definition) is 1. The van der Waals surface area contributed by atoms with E-state index in [2.05, 4.69) is 62.5 Å². The molecule has 1 unspecified atom stereocenters. The van der Waals surface area contributed by atoms with E-state index < -0.39 is 0 Å². The molecule has 0 aliphatic carbocycles. The molecular formula is C26H29NOS. The fraction of sp³-hybridized carbons (Fsp3) is 0.269. The fourth-order valence-electron chi connectivity index (χ4n) is 3.14. The van der Waals surface area contributed by atoms with Gasteiger partial charge in [-0.3, -0.25) is 4.79 Å². The molecule has 0 saturated carbocycles. The van der Waals surface area contributed by atoms with E-state index in [1.165, 1.54) is 11.1 Å². The second-order valence-electron chi connectivity index (χ2n) is 8.34. The lowest BCUT2D eigenvalue weighted by molar-refractivity contribution is 0.0937. The molecule has 0 heterocycles. The lowest BCUT2D eigenvalue weighted by Gasteiger charge is -2.21. The summed E-state index contributed by atoms with van der Waals surface area (Å²) >= 11 is 1.70. The second kappa shape index (κ2) is 9.32. The van der Waals surface area contributed by atoms with E-state index in [1.54, 1.807) is 11.8 Å². The highest BCUT2D eigenvalue weighted by atomic mass is 32.2. The SMILES string of the molecule is CC(NC(=O)c1ccccc1SCc1ccccc1)c1ccc(C(C)(C)C)cc1. The average molecular weight is 404 g/mol. The number of benzene rings is 3. The molecule has 3 heteroatoms. The molecule has 1 atom stereocenters. The second-order valence-corrected chi connectivity index (χ2v) is 9.35. The predicted octanol–water partition coefficient (Wildman–Crippen LogP) is 6.77. The number of amides is 1. The Labute approximate surface area is 178 Å². The Bertz CT molecular complexity index is 942. The zero-order valence-corrected chi connectivity index (χ0v) is 18.4. The third-order valence-electron chi connectivity index (χ3n) is 4.99. The summed E-state index contributed by atoms with van der Waals surface area (Å²) in [7, 11) is 0. The molecule has 0 aliphatic heterocycles. The molecule has 2 nitrogen and oxygen atoms in total. The summed E-state index contributed by atoms with van der Waals surface area (Å²) in [5, 5.41) is 3.16. The van der Waals surface area contributed by atoms with Crippen LogP contribution in [0.1, 0.15) is 60.8 Å². The van der Waals surface area contributed by atoms with Crippen molar-refractivity contribution < 1.29 is 4.79 Å². The molecule has 0 saturated heterocycles. The van der Waals surface area contributed by atoms with Crippen LogP contribution in [-0.2, 0) is 11.2 Å². The summed E-state index contributed by atoms with van der Waals surface area (Å²) in [6.45, 7) is 8.65. The first-order chi connectivity index (χ1) is 13.8.